The molecule has 0 saturated heterocycles. The number of aromatic carboxylic acids is 1. The number of benzene rings is 1. The van der Waals surface area contributed by atoms with Crippen LogP contribution in [0.5, 0.6) is 0 Å². The molecule has 0 spiro atoms. The number of carbonyl (C=O) groups excluding carboxylic acids is 1. The molecule has 0 radical (unpaired) electrons. The Morgan fingerprint density at radius 1 is 1.09 bits per heavy atom. The highest BCUT2D eigenvalue weighted by Gasteiger charge is 2.26. The quantitative estimate of drug-likeness (QED) is 0.455. The Balaban J connectivity index is 3.72. The Labute approximate surface area is 159 Å². The first-order valence-electron chi connectivity index (χ1n) is 5.29. The Morgan fingerprint density at radius 3 is 2.00 bits per heavy atom. The highest BCUT2D eigenvalue weighted by molar-refractivity contribution is 9.12. The molecule has 1 rings (SSSR count). The van der Waals surface area contributed by atoms with E-state index in [9.17, 15) is 23.1 Å². The van der Waals surface area contributed by atoms with Crippen molar-refractivity contribution in [1.82, 2.24) is 0 Å². The number of amides is 1. The predicted octanol–water partition coefficient (Wildman–Crippen LogP) is 3.72. The number of carboxylic acids is 1. The number of carbonyl (C=O) groups is 2. The van der Waals surface area contributed by atoms with Gasteiger partial charge in [0.1, 0.15) is 4.66 Å². The van der Waals surface area contributed by atoms with Crippen LogP contribution in [0.25, 0.3) is 0 Å². The van der Waals surface area contributed by atoms with Gasteiger partial charge in [-0.05, 0) is 47.8 Å². The third-order valence-corrected chi connectivity index (χ3v) is 7.22. The average molecular weight is 588 g/mol. The van der Waals surface area contributed by atoms with E-state index in [-0.39, 0.29) is 35.0 Å². The van der Waals surface area contributed by atoms with Crippen LogP contribution in [-0.2, 0) is 14.8 Å². The maximum Gasteiger partial charge on any atom is 0.338 e. The molecule has 22 heavy (non-hydrogen) atoms. The lowest BCUT2D eigenvalue weighted by Crippen LogP contribution is -2.17. The first kappa shape index (κ1) is 19.9. The van der Waals surface area contributed by atoms with Gasteiger partial charge in [-0.25, -0.2) is 13.2 Å². The van der Waals surface area contributed by atoms with Crippen LogP contribution in [0.2, 0.25) is 0 Å². The number of hydrogen-bond donors (Lipinski definition) is 3. The van der Waals surface area contributed by atoms with Gasteiger partial charge in [0, 0.05) is 6.92 Å². The molecule has 0 atom stereocenters. The molecule has 1 aromatic carbocycles. The summed E-state index contributed by atoms with van der Waals surface area (Å²) < 4.78 is 25.6. The number of carboxylic acid groups (broad SMARTS) is 1. The maximum absolute atomic E-state index is 11.7. The van der Waals surface area contributed by atoms with E-state index in [4.69, 9.17) is 0 Å². The second kappa shape index (κ2) is 7.60. The van der Waals surface area contributed by atoms with E-state index in [1.807, 2.05) is 0 Å². The predicted molar refractivity (Wildman–Crippen MR) is 97.1 cm³/mol. The summed E-state index contributed by atoms with van der Waals surface area (Å²) in [7, 11) is -3.73. The lowest BCUT2D eigenvalue weighted by molar-refractivity contribution is -0.114. The van der Waals surface area contributed by atoms with Crippen molar-refractivity contribution in [3.05, 3.63) is 19.0 Å². The molecule has 0 fully saturated rings. The number of halogens is 4. The highest BCUT2D eigenvalue weighted by Crippen LogP contribution is 2.45. The van der Waals surface area contributed by atoms with Gasteiger partial charge in [0.25, 0.3) is 0 Å². The number of anilines is 2. The van der Waals surface area contributed by atoms with E-state index in [0.717, 1.165) is 0 Å². The van der Waals surface area contributed by atoms with Crippen molar-refractivity contribution in [1.29, 1.82) is 0 Å². The molecule has 0 aliphatic heterocycles. The van der Waals surface area contributed by atoms with Crippen LogP contribution in [0.15, 0.2) is 13.4 Å². The molecule has 0 saturated carbocycles. The van der Waals surface area contributed by atoms with Crippen molar-refractivity contribution in [2.24, 2.45) is 0 Å². The molecule has 7 nitrogen and oxygen atoms in total. The molecule has 1 amide bonds. The summed E-state index contributed by atoms with van der Waals surface area (Å²) in [5, 5.41) is 11.7. The fourth-order valence-electron chi connectivity index (χ4n) is 1.41. The zero-order valence-electron chi connectivity index (χ0n) is 10.7. The summed E-state index contributed by atoms with van der Waals surface area (Å²) in [5.74, 6) is -1.76. The smallest absolute Gasteiger partial charge is 0.338 e. The zero-order chi connectivity index (χ0) is 17.2. The fourth-order valence-corrected chi connectivity index (χ4v) is 5.31. The second-order valence-electron chi connectivity index (χ2n) is 3.88. The van der Waals surface area contributed by atoms with Gasteiger partial charge in [-0.3, -0.25) is 9.52 Å². The van der Waals surface area contributed by atoms with Gasteiger partial charge in [0.05, 0.1) is 30.4 Å². The molecule has 12 heteroatoms. The van der Waals surface area contributed by atoms with Gasteiger partial charge in [0.15, 0.2) is 0 Å². The van der Waals surface area contributed by atoms with Crippen LogP contribution in [0.4, 0.5) is 11.4 Å². The zero-order valence-corrected chi connectivity index (χ0v) is 17.9. The normalized spacial score (nSPS) is 11.1. The van der Waals surface area contributed by atoms with E-state index in [1.54, 1.807) is 0 Å². The van der Waals surface area contributed by atoms with Gasteiger partial charge in [-0.1, -0.05) is 15.9 Å². The Morgan fingerprint density at radius 2 is 1.59 bits per heavy atom. The Hall–Kier alpha value is -0.170. The lowest BCUT2D eigenvalue weighted by atomic mass is 10.1. The van der Waals surface area contributed by atoms with Gasteiger partial charge >= 0.3 is 5.97 Å². The van der Waals surface area contributed by atoms with E-state index in [1.165, 1.54) is 6.92 Å². The number of sulfonamides is 1. The minimum absolute atomic E-state index is 0.0115. The van der Waals surface area contributed by atoms with Crippen LogP contribution < -0.4 is 10.0 Å². The highest BCUT2D eigenvalue weighted by atomic mass is 79.9. The molecule has 0 heterocycles. The molecule has 0 bridgehead atoms. The minimum atomic E-state index is -3.73. The molecule has 122 valence electrons. The largest absolute Gasteiger partial charge is 0.478 e. The van der Waals surface area contributed by atoms with Crippen LogP contribution in [-0.4, -0.2) is 30.1 Å². The Kier molecular flexibility index (Phi) is 6.87. The second-order valence-corrected chi connectivity index (χ2v) is 9.28. The summed E-state index contributed by atoms with van der Waals surface area (Å²) in [5.41, 5.74) is -0.177. The van der Waals surface area contributed by atoms with Crippen molar-refractivity contribution in [2.75, 3.05) is 14.7 Å². The van der Waals surface area contributed by atoms with Crippen molar-refractivity contribution >= 4 is 97.0 Å². The van der Waals surface area contributed by atoms with Crippen molar-refractivity contribution in [2.45, 2.75) is 6.92 Å². The van der Waals surface area contributed by atoms with E-state index in [0.29, 0.717) is 0 Å². The van der Waals surface area contributed by atoms with Crippen molar-refractivity contribution < 1.29 is 23.1 Å². The number of hydrogen-bond acceptors (Lipinski definition) is 4. The number of alkyl halides is 1. The molecule has 0 aromatic heterocycles. The van der Waals surface area contributed by atoms with E-state index in [2.05, 4.69) is 73.8 Å². The Bertz CT molecular complexity index is 750. The van der Waals surface area contributed by atoms with Crippen LogP contribution >= 0.6 is 63.7 Å². The molecule has 0 unspecified atom stereocenters. The van der Waals surface area contributed by atoms with Crippen LogP contribution in [0.3, 0.4) is 0 Å². The molecule has 3 N–H and O–H groups in total. The molecule has 0 aliphatic carbocycles. The van der Waals surface area contributed by atoms with Gasteiger partial charge < -0.3 is 10.4 Å². The summed E-state index contributed by atoms with van der Waals surface area (Å²) in [6.45, 7) is 1.24. The fraction of sp³-hybridized carbons (Fsp3) is 0.200. The molecule has 1 aromatic rings. The molecular formula is C10H8Br4N2O5S. The monoisotopic (exact) mass is 584 g/mol. The maximum atomic E-state index is 11.7. The first-order chi connectivity index (χ1) is 10.0. The molecule has 0 aliphatic rings. The minimum Gasteiger partial charge on any atom is -0.478 e. The topological polar surface area (TPSA) is 113 Å². The van der Waals surface area contributed by atoms with Crippen molar-refractivity contribution in [3.63, 3.8) is 0 Å². The SMILES string of the molecule is CC(=O)Nc1c(Br)c(NS(=O)(=O)CBr)c(Br)c(C(=O)O)c1Br. The standard InChI is InChI=1S/C10H8Br4N2O5S/c1-3(17)15-8-5(12)4(10(18)19)6(13)9(7(8)14)16-22(20,21)2-11/h16H,2H2,1H3,(H,15,17)(H,18,19). The summed E-state index contributed by atoms with van der Waals surface area (Å²) in [6, 6.07) is 0. The van der Waals surface area contributed by atoms with E-state index >= 15 is 0 Å². The third-order valence-electron chi connectivity index (χ3n) is 2.23. The van der Waals surface area contributed by atoms with Gasteiger partial charge in [0.2, 0.25) is 15.9 Å². The number of rotatable bonds is 5. The van der Waals surface area contributed by atoms with Gasteiger partial charge in [-0.15, -0.1) is 0 Å². The third kappa shape index (κ3) is 4.43. The number of nitrogens with one attached hydrogen (secondary N) is 2. The van der Waals surface area contributed by atoms with Gasteiger partial charge in [-0.2, -0.15) is 0 Å². The van der Waals surface area contributed by atoms with Crippen LogP contribution in [0.1, 0.15) is 17.3 Å². The average Bonchev–Trinajstić information content (AvgIpc) is 2.39. The summed E-state index contributed by atoms with van der Waals surface area (Å²) in [4.78, 5) is 22.7. The summed E-state index contributed by atoms with van der Waals surface area (Å²) in [6.07, 6.45) is 0. The van der Waals surface area contributed by atoms with Crippen molar-refractivity contribution in [3.8, 4) is 0 Å². The van der Waals surface area contributed by atoms with E-state index < -0.39 is 21.9 Å². The summed E-state index contributed by atoms with van der Waals surface area (Å²) >= 11 is 12.2. The van der Waals surface area contributed by atoms with Crippen LogP contribution in [0, 0.1) is 0 Å². The first-order valence-corrected chi connectivity index (χ1v) is 10.4. The lowest BCUT2D eigenvalue weighted by Gasteiger charge is -2.18. The molecular weight excluding hydrogens is 580 g/mol.